The van der Waals surface area contributed by atoms with E-state index in [-0.39, 0.29) is 11.5 Å². The van der Waals surface area contributed by atoms with Gasteiger partial charge < -0.3 is 19.3 Å². The van der Waals surface area contributed by atoms with Gasteiger partial charge in [-0.1, -0.05) is 0 Å². The molecule has 1 fully saturated rings. The molecule has 0 saturated carbocycles. The van der Waals surface area contributed by atoms with Crippen LogP contribution in [0.2, 0.25) is 0 Å². The van der Waals surface area contributed by atoms with Crippen LogP contribution in [0.4, 0.5) is 19.1 Å². The van der Waals surface area contributed by atoms with Crippen molar-refractivity contribution in [2.24, 2.45) is 0 Å². The van der Waals surface area contributed by atoms with Gasteiger partial charge in [-0.25, -0.2) is 14.8 Å². The number of carbonyl (C=O) groups is 2. The van der Waals surface area contributed by atoms with Gasteiger partial charge in [0.25, 0.3) is 5.91 Å². The molecule has 1 amide bonds. The van der Waals surface area contributed by atoms with Gasteiger partial charge in [0.15, 0.2) is 6.61 Å². The lowest BCUT2D eigenvalue weighted by molar-refractivity contribution is -0.274. The quantitative estimate of drug-likeness (QED) is 0.696. The Bertz CT molecular complexity index is 838. The highest BCUT2D eigenvalue weighted by molar-refractivity contribution is 5.91. The third-order valence-electron chi connectivity index (χ3n) is 4.12. The lowest BCUT2D eigenvalue weighted by atomic mass is 10.2. The highest BCUT2D eigenvalue weighted by atomic mass is 19.4. The van der Waals surface area contributed by atoms with Gasteiger partial charge in [0.05, 0.1) is 5.56 Å². The van der Waals surface area contributed by atoms with Crippen molar-refractivity contribution in [3.63, 3.8) is 0 Å². The van der Waals surface area contributed by atoms with Crippen molar-refractivity contribution in [3.8, 4) is 5.75 Å². The predicted molar refractivity (Wildman–Crippen MR) is 94.2 cm³/mol. The molecule has 1 aliphatic heterocycles. The molecule has 1 aromatic carbocycles. The summed E-state index contributed by atoms with van der Waals surface area (Å²) in [5.74, 6) is -1.04. The molecular formula is C18H17F3N4O4. The number of ether oxygens (including phenoxy) is 2. The summed E-state index contributed by atoms with van der Waals surface area (Å²) in [6, 6.07) is 5.97. The lowest BCUT2D eigenvalue weighted by Gasteiger charge is -2.34. The van der Waals surface area contributed by atoms with E-state index >= 15 is 0 Å². The molecule has 0 radical (unpaired) electrons. The molecule has 2 heterocycles. The predicted octanol–water partition coefficient (Wildman–Crippen LogP) is 1.88. The molecule has 3 rings (SSSR count). The standard InChI is InChI=1S/C18H17F3N4O4/c19-18(20,21)29-14-4-2-13(3-5-14)16(27)28-12-15(26)24-8-10-25(11-9-24)17-22-6-1-7-23-17/h1-7H,8-12H2. The summed E-state index contributed by atoms with van der Waals surface area (Å²) >= 11 is 0. The monoisotopic (exact) mass is 410 g/mol. The van der Waals surface area contributed by atoms with E-state index in [0.29, 0.717) is 32.1 Å². The van der Waals surface area contributed by atoms with E-state index < -0.39 is 24.7 Å². The smallest absolute Gasteiger partial charge is 0.452 e. The van der Waals surface area contributed by atoms with E-state index in [2.05, 4.69) is 14.7 Å². The van der Waals surface area contributed by atoms with E-state index in [1.165, 1.54) is 0 Å². The summed E-state index contributed by atoms with van der Waals surface area (Å²) < 4.78 is 45.1. The Kier molecular flexibility index (Phi) is 6.15. The maximum Gasteiger partial charge on any atom is 0.573 e. The van der Waals surface area contributed by atoms with E-state index in [9.17, 15) is 22.8 Å². The number of benzene rings is 1. The second-order valence-corrected chi connectivity index (χ2v) is 6.06. The molecule has 0 bridgehead atoms. The average Bonchev–Trinajstić information content (AvgIpc) is 2.72. The van der Waals surface area contributed by atoms with Crippen LogP contribution in [-0.2, 0) is 9.53 Å². The number of hydrogen-bond acceptors (Lipinski definition) is 7. The van der Waals surface area contributed by atoms with Crippen LogP contribution in [0, 0.1) is 0 Å². The Hall–Kier alpha value is -3.37. The molecule has 11 heteroatoms. The molecule has 0 unspecified atom stereocenters. The number of piperazine rings is 1. The van der Waals surface area contributed by atoms with Crippen LogP contribution < -0.4 is 9.64 Å². The molecule has 0 aliphatic carbocycles. The number of anilines is 1. The first kappa shape index (κ1) is 20.4. The van der Waals surface area contributed by atoms with Gasteiger partial charge in [-0.15, -0.1) is 13.2 Å². The van der Waals surface area contributed by atoms with Crippen LogP contribution >= 0.6 is 0 Å². The summed E-state index contributed by atoms with van der Waals surface area (Å²) in [5, 5.41) is 0. The number of nitrogens with zero attached hydrogens (tertiary/aromatic N) is 4. The molecule has 0 spiro atoms. The van der Waals surface area contributed by atoms with Gasteiger partial charge >= 0.3 is 12.3 Å². The van der Waals surface area contributed by atoms with Crippen molar-refractivity contribution in [2.75, 3.05) is 37.7 Å². The van der Waals surface area contributed by atoms with Crippen molar-refractivity contribution in [1.82, 2.24) is 14.9 Å². The lowest BCUT2D eigenvalue weighted by Crippen LogP contribution is -2.50. The number of halogens is 3. The van der Waals surface area contributed by atoms with Crippen LogP contribution in [0.1, 0.15) is 10.4 Å². The zero-order valence-electron chi connectivity index (χ0n) is 15.1. The van der Waals surface area contributed by atoms with Crippen molar-refractivity contribution in [2.45, 2.75) is 6.36 Å². The van der Waals surface area contributed by atoms with Crippen LogP contribution in [0.3, 0.4) is 0 Å². The van der Waals surface area contributed by atoms with E-state index in [1.807, 2.05) is 4.90 Å². The molecule has 1 saturated heterocycles. The first-order valence-corrected chi connectivity index (χ1v) is 8.64. The fourth-order valence-corrected chi connectivity index (χ4v) is 2.70. The molecule has 29 heavy (non-hydrogen) atoms. The molecule has 2 aromatic rings. The minimum atomic E-state index is -4.81. The SMILES string of the molecule is O=C(OCC(=O)N1CCN(c2ncccn2)CC1)c1ccc(OC(F)(F)F)cc1. The number of carbonyl (C=O) groups excluding carboxylic acids is 2. The van der Waals surface area contributed by atoms with E-state index in [1.54, 1.807) is 23.4 Å². The number of esters is 1. The summed E-state index contributed by atoms with van der Waals surface area (Å²) in [4.78, 5) is 36.1. The zero-order chi connectivity index (χ0) is 20.9. The molecule has 8 nitrogen and oxygen atoms in total. The molecule has 1 aliphatic rings. The molecule has 154 valence electrons. The first-order valence-electron chi connectivity index (χ1n) is 8.64. The van der Waals surface area contributed by atoms with Gasteiger partial charge in [-0.05, 0) is 30.3 Å². The third-order valence-corrected chi connectivity index (χ3v) is 4.12. The highest BCUT2D eigenvalue weighted by Crippen LogP contribution is 2.23. The van der Waals surface area contributed by atoms with Gasteiger partial charge in [0.1, 0.15) is 5.75 Å². The minimum absolute atomic E-state index is 0.0124. The number of amides is 1. The number of rotatable bonds is 5. The molecule has 0 atom stereocenters. The normalized spacial score (nSPS) is 14.4. The van der Waals surface area contributed by atoms with Gasteiger partial charge in [0.2, 0.25) is 5.95 Å². The Morgan fingerprint density at radius 1 is 1.00 bits per heavy atom. The second kappa shape index (κ2) is 8.76. The average molecular weight is 410 g/mol. The summed E-state index contributed by atoms with van der Waals surface area (Å²) in [6.45, 7) is 1.49. The van der Waals surface area contributed by atoms with Crippen molar-refractivity contribution in [1.29, 1.82) is 0 Å². The van der Waals surface area contributed by atoms with Gasteiger partial charge in [-0.3, -0.25) is 4.79 Å². The number of aromatic nitrogens is 2. The molecule has 1 aromatic heterocycles. The van der Waals surface area contributed by atoms with Crippen molar-refractivity contribution >= 4 is 17.8 Å². The maximum atomic E-state index is 12.2. The van der Waals surface area contributed by atoms with E-state index in [4.69, 9.17) is 4.74 Å². The summed E-state index contributed by atoms with van der Waals surface area (Å²) in [6.07, 6.45) is -1.53. The van der Waals surface area contributed by atoms with Crippen molar-refractivity contribution in [3.05, 3.63) is 48.3 Å². The third kappa shape index (κ3) is 5.80. The van der Waals surface area contributed by atoms with Gasteiger partial charge in [-0.2, -0.15) is 0 Å². The largest absolute Gasteiger partial charge is 0.573 e. The Balaban J connectivity index is 1.45. The Labute approximate surface area is 163 Å². The maximum absolute atomic E-state index is 12.2. The fraction of sp³-hybridized carbons (Fsp3) is 0.333. The van der Waals surface area contributed by atoms with Crippen LogP contribution in [0.15, 0.2) is 42.7 Å². The van der Waals surface area contributed by atoms with E-state index in [0.717, 1.165) is 24.3 Å². The van der Waals surface area contributed by atoms with Crippen LogP contribution in [-0.4, -0.2) is 65.9 Å². The van der Waals surface area contributed by atoms with Crippen LogP contribution in [0.25, 0.3) is 0 Å². The Morgan fingerprint density at radius 3 is 2.21 bits per heavy atom. The topological polar surface area (TPSA) is 84.9 Å². The minimum Gasteiger partial charge on any atom is -0.452 e. The van der Waals surface area contributed by atoms with Crippen molar-refractivity contribution < 1.29 is 32.2 Å². The zero-order valence-corrected chi connectivity index (χ0v) is 15.1. The molecule has 0 N–H and O–H groups in total. The highest BCUT2D eigenvalue weighted by Gasteiger charge is 2.31. The fourth-order valence-electron chi connectivity index (χ4n) is 2.70. The number of hydrogen-bond donors (Lipinski definition) is 0. The van der Waals surface area contributed by atoms with Crippen LogP contribution in [0.5, 0.6) is 5.75 Å². The Morgan fingerprint density at radius 2 is 1.62 bits per heavy atom. The molecular weight excluding hydrogens is 393 g/mol. The first-order chi connectivity index (χ1) is 13.8. The number of alkyl halides is 3. The second-order valence-electron chi connectivity index (χ2n) is 6.06. The summed E-state index contributed by atoms with van der Waals surface area (Å²) in [5.41, 5.74) is 0.0124. The van der Waals surface area contributed by atoms with Gasteiger partial charge in [0, 0.05) is 38.6 Å². The summed E-state index contributed by atoms with van der Waals surface area (Å²) in [7, 11) is 0.